The van der Waals surface area contributed by atoms with Crippen molar-refractivity contribution in [2.24, 2.45) is 10.7 Å². The fourth-order valence-electron chi connectivity index (χ4n) is 1.25. The van der Waals surface area contributed by atoms with Gasteiger partial charge in [0.05, 0.1) is 0 Å². The Labute approximate surface area is 97.6 Å². The van der Waals surface area contributed by atoms with Crippen LogP contribution in [0.15, 0.2) is 4.99 Å². The van der Waals surface area contributed by atoms with E-state index >= 15 is 0 Å². The summed E-state index contributed by atoms with van der Waals surface area (Å²) in [7, 11) is 1.45. The second kappa shape index (κ2) is 5.83. The molecular weight excluding hydrogens is 228 g/mol. The summed E-state index contributed by atoms with van der Waals surface area (Å²) in [6, 6.07) is -0.733. The van der Waals surface area contributed by atoms with Crippen LogP contribution in [-0.4, -0.2) is 43.4 Å². The van der Waals surface area contributed by atoms with Crippen molar-refractivity contribution in [2.75, 3.05) is 13.6 Å². The van der Waals surface area contributed by atoms with Crippen molar-refractivity contribution < 1.29 is 19.1 Å². The van der Waals surface area contributed by atoms with Crippen molar-refractivity contribution in [3.8, 4) is 0 Å². The molecule has 1 unspecified atom stereocenters. The Morgan fingerprint density at radius 2 is 2.35 bits per heavy atom. The van der Waals surface area contributed by atoms with Gasteiger partial charge in [-0.2, -0.15) is 0 Å². The van der Waals surface area contributed by atoms with Gasteiger partial charge >= 0.3 is 11.9 Å². The van der Waals surface area contributed by atoms with Crippen molar-refractivity contribution in [3.63, 3.8) is 0 Å². The summed E-state index contributed by atoms with van der Waals surface area (Å²) in [5, 5.41) is 4.85. The number of ether oxygens (including phenoxy) is 1. The summed E-state index contributed by atoms with van der Waals surface area (Å²) in [6.45, 7) is -0.254. The molecule has 1 heterocycles. The first-order valence-corrected chi connectivity index (χ1v) is 5.03. The number of amides is 1. The van der Waals surface area contributed by atoms with Gasteiger partial charge in [0.2, 0.25) is 5.91 Å². The first kappa shape index (κ1) is 12.9. The normalized spacial score (nSPS) is 19.7. The molecule has 0 bridgehead atoms. The molecule has 1 amide bonds. The molecule has 0 aliphatic carbocycles. The standard InChI is InChI=1S/C9H14N4O4/c1-11-9(10)12-4-7(15)17-8(16)5-2-3-6(14)13-5/h5H,2-4H2,1H3,(H,13,14)(H3,10,11,12). The van der Waals surface area contributed by atoms with Crippen molar-refractivity contribution in [1.29, 1.82) is 0 Å². The van der Waals surface area contributed by atoms with Gasteiger partial charge in [-0.25, -0.2) is 9.59 Å². The summed E-state index contributed by atoms with van der Waals surface area (Å²) in [5.41, 5.74) is 5.28. The predicted molar refractivity (Wildman–Crippen MR) is 57.8 cm³/mol. The van der Waals surface area contributed by atoms with Crippen LogP contribution >= 0.6 is 0 Å². The highest BCUT2D eigenvalue weighted by Gasteiger charge is 2.29. The molecule has 0 saturated carbocycles. The van der Waals surface area contributed by atoms with Crippen LogP contribution in [0.2, 0.25) is 0 Å². The maximum Gasteiger partial charge on any atom is 0.336 e. The molecule has 0 aromatic carbocycles. The molecule has 1 aliphatic heterocycles. The van der Waals surface area contributed by atoms with E-state index in [9.17, 15) is 14.4 Å². The lowest BCUT2D eigenvalue weighted by molar-refractivity contribution is -0.160. The summed E-state index contributed by atoms with van der Waals surface area (Å²) in [4.78, 5) is 37.0. The minimum atomic E-state index is -0.775. The number of aliphatic imine (C=N–C) groups is 1. The number of hydrogen-bond acceptors (Lipinski definition) is 5. The Bertz CT molecular complexity index is 366. The molecule has 17 heavy (non-hydrogen) atoms. The largest absolute Gasteiger partial charge is 0.390 e. The Kier molecular flexibility index (Phi) is 4.44. The van der Waals surface area contributed by atoms with Gasteiger partial charge in [0.15, 0.2) is 5.96 Å². The van der Waals surface area contributed by atoms with Crippen molar-refractivity contribution in [1.82, 2.24) is 10.6 Å². The van der Waals surface area contributed by atoms with E-state index in [0.29, 0.717) is 6.42 Å². The Hall–Kier alpha value is -2.12. The molecular formula is C9H14N4O4. The molecule has 1 rings (SSSR count). The van der Waals surface area contributed by atoms with Crippen LogP contribution in [0.3, 0.4) is 0 Å². The number of carbonyl (C=O) groups excluding carboxylic acids is 3. The molecule has 8 heteroatoms. The minimum absolute atomic E-state index is 0.0727. The van der Waals surface area contributed by atoms with Crippen LogP contribution in [-0.2, 0) is 19.1 Å². The maximum absolute atomic E-state index is 11.4. The van der Waals surface area contributed by atoms with E-state index in [1.807, 2.05) is 0 Å². The van der Waals surface area contributed by atoms with E-state index in [-0.39, 0.29) is 24.8 Å². The number of hydrogen-bond donors (Lipinski definition) is 3. The zero-order valence-corrected chi connectivity index (χ0v) is 9.36. The van der Waals surface area contributed by atoms with Gasteiger partial charge in [0.25, 0.3) is 0 Å². The van der Waals surface area contributed by atoms with E-state index in [2.05, 4.69) is 20.4 Å². The van der Waals surface area contributed by atoms with Gasteiger partial charge in [-0.15, -0.1) is 0 Å². The second-order valence-electron chi connectivity index (χ2n) is 3.41. The Morgan fingerprint density at radius 1 is 1.65 bits per heavy atom. The molecule has 1 saturated heterocycles. The van der Waals surface area contributed by atoms with Crippen LogP contribution in [0.5, 0.6) is 0 Å². The molecule has 1 fully saturated rings. The van der Waals surface area contributed by atoms with Crippen LogP contribution < -0.4 is 16.4 Å². The lowest BCUT2D eigenvalue weighted by atomic mass is 10.2. The van der Waals surface area contributed by atoms with E-state index in [4.69, 9.17) is 5.73 Å². The van der Waals surface area contributed by atoms with Gasteiger partial charge in [-0.1, -0.05) is 0 Å². The van der Waals surface area contributed by atoms with Gasteiger partial charge in [0.1, 0.15) is 12.6 Å². The van der Waals surface area contributed by atoms with Crippen LogP contribution in [0.4, 0.5) is 0 Å². The molecule has 0 aromatic heterocycles. The van der Waals surface area contributed by atoms with Crippen LogP contribution in [0.25, 0.3) is 0 Å². The third-order valence-corrected chi connectivity index (χ3v) is 2.15. The number of guanidine groups is 1. The van der Waals surface area contributed by atoms with Crippen molar-refractivity contribution in [2.45, 2.75) is 18.9 Å². The van der Waals surface area contributed by atoms with Crippen molar-refractivity contribution in [3.05, 3.63) is 0 Å². The molecule has 0 radical (unpaired) electrons. The van der Waals surface area contributed by atoms with Crippen LogP contribution in [0, 0.1) is 0 Å². The number of nitrogens with one attached hydrogen (secondary N) is 2. The highest BCUT2D eigenvalue weighted by Crippen LogP contribution is 2.07. The van der Waals surface area contributed by atoms with Crippen LogP contribution in [0.1, 0.15) is 12.8 Å². The van der Waals surface area contributed by atoms with E-state index in [1.54, 1.807) is 0 Å². The number of esters is 2. The third-order valence-electron chi connectivity index (χ3n) is 2.15. The highest BCUT2D eigenvalue weighted by atomic mass is 16.6. The fraction of sp³-hybridized carbons (Fsp3) is 0.556. The van der Waals surface area contributed by atoms with E-state index < -0.39 is 18.0 Å². The number of nitrogens with zero attached hydrogens (tertiary/aromatic N) is 1. The van der Waals surface area contributed by atoms with Gasteiger partial charge in [-0.3, -0.25) is 9.79 Å². The lowest BCUT2D eigenvalue weighted by Crippen LogP contribution is -2.40. The quantitative estimate of drug-likeness (QED) is 0.225. The lowest BCUT2D eigenvalue weighted by Gasteiger charge is -2.09. The molecule has 0 spiro atoms. The average Bonchev–Trinajstić information content (AvgIpc) is 2.72. The summed E-state index contributed by atoms with van der Waals surface area (Å²) >= 11 is 0. The topological polar surface area (TPSA) is 123 Å². The second-order valence-corrected chi connectivity index (χ2v) is 3.41. The van der Waals surface area contributed by atoms with Gasteiger partial charge < -0.3 is 21.1 Å². The Morgan fingerprint density at radius 3 is 2.88 bits per heavy atom. The smallest absolute Gasteiger partial charge is 0.336 e. The zero-order chi connectivity index (χ0) is 12.8. The molecule has 0 aromatic rings. The summed E-state index contributed by atoms with van der Waals surface area (Å²) < 4.78 is 4.51. The third kappa shape index (κ3) is 4.09. The van der Waals surface area contributed by atoms with E-state index in [1.165, 1.54) is 7.05 Å². The number of carbonyl (C=O) groups is 3. The zero-order valence-electron chi connectivity index (χ0n) is 9.36. The molecule has 1 aliphatic rings. The molecule has 94 valence electrons. The minimum Gasteiger partial charge on any atom is -0.390 e. The van der Waals surface area contributed by atoms with E-state index in [0.717, 1.165) is 0 Å². The number of nitrogens with two attached hydrogens (primary N) is 1. The maximum atomic E-state index is 11.4. The molecule has 4 N–H and O–H groups in total. The molecule has 8 nitrogen and oxygen atoms in total. The predicted octanol–water partition coefficient (Wildman–Crippen LogP) is -2.13. The fourth-order valence-corrected chi connectivity index (χ4v) is 1.25. The Balaban J connectivity index is 2.31. The first-order chi connectivity index (χ1) is 8.02. The average molecular weight is 242 g/mol. The van der Waals surface area contributed by atoms with Crippen molar-refractivity contribution >= 4 is 23.8 Å². The summed E-state index contributed by atoms with van der Waals surface area (Å²) in [5.74, 6) is -1.68. The SMILES string of the molecule is CN=C(N)NCC(=O)OC(=O)C1CCC(=O)N1. The monoisotopic (exact) mass is 242 g/mol. The van der Waals surface area contributed by atoms with Gasteiger partial charge in [-0.05, 0) is 6.42 Å². The first-order valence-electron chi connectivity index (χ1n) is 5.03. The highest BCUT2D eigenvalue weighted by molar-refractivity contribution is 5.94. The number of rotatable bonds is 3. The van der Waals surface area contributed by atoms with Gasteiger partial charge in [0, 0.05) is 13.5 Å². The molecule has 1 atom stereocenters. The summed E-state index contributed by atoms with van der Waals surface area (Å²) in [6.07, 6.45) is 0.610.